The van der Waals surface area contributed by atoms with E-state index in [4.69, 9.17) is 14.5 Å². The molecule has 0 atom stereocenters. The summed E-state index contributed by atoms with van der Waals surface area (Å²) in [5.41, 5.74) is 3.65. The van der Waals surface area contributed by atoms with Gasteiger partial charge in [-0.3, -0.25) is 4.79 Å². The zero-order valence-electron chi connectivity index (χ0n) is 16.7. The van der Waals surface area contributed by atoms with Crippen molar-refractivity contribution in [2.75, 3.05) is 38.0 Å². The molecule has 4 rings (SSSR count). The van der Waals surface area contributed by atoms with Crippen molar-refractivity contribution in [3.05, 3.63) is 59.7 Å². The van der Waals surface area contributed by atoms with Crippen LogP contribution in [0.2, 0.25) is 0 Å². The number of nitrogens with one attached hydrogen (secondary N) is 1. The molecule has 6 heteroatoms. The lowest BCUT2D eigenvalue weighted by Gasteiger charge is -2.15. The van der Waals surface area contributed by atoms with E-state index in [-0.39, 0.29) is 5.91 Å². The van der Waals surface area contributed by atoms with Crippen LogP contribution in [0.25, 0.3) is 17.0 Å². The summed E-state index contributed by atoms with van der Waals surface area (Å²) in [6.45, 7) is 0.892. The number of anilines is 2. The van der Waals surface area contributed by atoms with Crippen LogP contribution in [-0.2, 0) is 11.2 Å². The van der Waals surface area contributed by atoms with E-state index in [1.807, 2.05) is 49.5 Å². The molecule has 2 heterocycles. The van der Waals surface area contributed by atoms with Crippen molar-refractivity contribution in [2.24, 2.45) is 0 Å². The van der Waals surface area contributed by atoms with Gasteiger partial charge in [-0.2, -0.15) is 0 Å². The monoisotopic (exact) mass is 389 g/mol. The topological polar surface area (TPSA) is 63.7 Å². The van der Waals surface area contributed by atoms with Crippen molar-refractivity contribution < 1.29 is 14.3 Å². The van der Waals surface area contributed by atoms with Gasteiger partial charge < -0.3 is 19.7 Å². The van der Waals surface area contributed by atoms with Gasteiger partial charge in [0.25, 0.3) is 0 Å². The van der Waals surface area contributed by atoms with Gasteiger partial charge in [-0.1, -0.05) is 24.3 Å². The Morgan fingerprint density at radius 1 is 1.14 bits per heavy atom. The van der Waals surface area contributed by atoms with Crippen molar-refractivity contribution >= 4 is 34.4 Å². The Kier molecular flexibility index (Phi) is 5.08. The Morgan fingerprint density at radius 3 is 2.72 bits per heavy atom. The van der Waals surface area contributed by atoms with Crippen LogP contribution in [0, 0.1) is 0 Å². The fourth-order valence-electron chi connectivity index (χ4n) is 3.61. The average Bonchev–Trinajstić information content (AvgIpc) is 3.12. The van der Waals surface area contributed by atoms with Crippen LogP contribution in [0.3, 0.4) is 0 Å². The quantitative estimate of drug-likeness (QED) is 0.671. The van der Waals surface area contributed by atoms with Gasteiger partial charge in [0.15, 0.2) is 11.5 Å². The number of nitrogens with zero attached hydrogens (tertiary/aromatic N) is 2. The first kappa shape index (κ1) is 18.8. The first-order chi connectivity index (χ1) is 14.1. The SMILES string of the molecule is COc1ccc(C=CC(=O)Nc2c3c(nc4ccccc24)N(C)CC3)cc1OC. The normalized spacial score (nSPS) is 13.0. The third-order valence-corrected chi connectivity index (χ3v) is 5.11. The second-order valence-corrected chi connectivity index (χ2v) is 6.91. The van der Waals surface area contributed by atoms with Gasteiger partial charge in [-0.15, -0.1) is 0 Å². The van der Waals surface area contributed by atoms with E-state index in [9.17, 15) is 4.79 Å². The van der Waals surface area contributed by atoms with Crippen LogP contribution in [0.15, 0.2) is 48.5 Å². The number of hydrogen-bond acceptors (Lipinski definition) is 5. The number of amides is 1. The van der Waals surface area contributed by atoms with E-state index < -0.39 is 0 Å². The molecule has 6 nitrogen and oxygen atoms in total. The van der Waals surface area contributed by atoms with Gasteiger partial charge in [0.1, 0.15) is 5.82 Å². The summed E-state index contributed by atoms with van der Waals surface area (Å²) < 4.78 is 10.6. The number of ether oxygens (including phenoxy) is 2. The van der Waals surface area contributed by atoms with Gasteiger partial charge in [-0.25, -0.2) is 4.98 Å². The zero-order valence-corrected chi connectivity index (χ0v) is 16.7. The molecule has 0 bridgehead atoms. The molecule has 1 N–H and O–H groups in total. The van der Waals surface area contributed by atoms with E-state index in [0.29, 0.717) is 11.5 Å². The smallest absolute Gasteiger partial charge is 0.248 e. The summed E-state index contributed by atoms with van der Waals surface area (Å²) in [7, 11) is 5.20. The number of aromatic nitrogens is 1. The third kappa shape index (κ3) is 3.61. The van der Waals surface area contributed by atoms with E-state index in [1.165, 1.54) is 6.08 Å². The first-order valence-corrected chi connectivity index (χ1v) is 9.44. The molecule has 0 aliphatic carbocycles. The Morgan fingerprint density at radius 2 is 1.93 bits per heavy atom. The van der Waals surface area contributed by atoms with Gasteiger partial charge in [0.05, 0.1) is 25.4 Å². The Balaban J connectivity index is 1.62. The van der Waals surface area contributed by atoms with Crippen LogP contribution in [-0.4, -0.2) is 38.7 Å². The molecule has 0 spiro atoms. The summed E-state index contributed by atoms with van der Waals surface area (Å²) in [4.78, 5) is 19.6. The minimum absolute atomic E-state index is 0.187. The number of likely N-dealkylation sites (N-methyl/N-ethyl adjacent to an activating group) is 1. The maximum atomic E-state index is 12.7. The van der Waals surface area contributed by atoms with Gasteiger partial charge in [0, 0.05) is 30.6 Å². The lowest BCUT2D eigenvalue weighted by atomic mass is 10.1. The van der Waals surface area contributed by atoms with Gasteiger partial charge in [0.2, 0.25) is 5.91 Å². The minimum Gasteiger partial charge on any atom is -0.493 e. The number of fused-ring (bicyclic) bond motifs is 2. The van der Waals surface area contributed by atoms with Crippen molar-refractivity contribution in [2.45, 2.75) is 6.42 Å². The van der Waals surface area contributed by atoms with Crippen molar-refractivity contribution in [3.63, 3.8) is 0 Å². The molecule has 0 fully saturated rings. The van der Waals surface area contributed by atoms with Crippen molar-refractivity contribution in [1.29, 1.82) is 0 Å². The van der Waals surface area contributed by atoms with E-state index in [2.05, 4.69) is 10.2 Å². The predicted molar refractivity (Wildman–Crippen MR) is 116 cm³/mol. The first-order valence-electron chi connectivity index (χ1n) is 9.44. The number of carbonyl (C=O) groups excluding carboxylic acids is 1. The summed E-state index contributed by atoms with van der Waals surface area (Å²) in [6.07, 6.45) is 4.15. The minimum atomic E-state index is -0.187. The van der Waals surface area contributed by atoms with Gasteiger partial charge >= 0.3 is 0 Å². The largest absolute Gasteiger partial charge is 0.493 e. The maximum absolute atomic E-state index is 12.7. The van der Waals surface area contributed by atoms with Crippen LogP contribution in [0.5, 0.6) is 11.5 Å². The highest BCUT2D eigenvalue weighted by atomic mass is 16.5. The fraction of sp³-hybridized carbons (Fsp3) is 0.217. The molecule has 1 aliphatic heterocycles. The molecular weight excluding hydrogens is 366 g/mol. The molecule has 2 aromatic carbocycles. The number of para-hydroxylation sites is 1. The number of carbonyl (C=O) groups is 1. The zero-order chi connectivity index (χ0) is 20.4. The van der Waals surface area contributed by atoms with Crippen molar-refractivity contribution in [3.8, 4) is 11.5 Å². The number of rotatable bonds is 5. The van der Waals surface area contributed by atoms with Gasteiger partial charge in [-0.05, 0) is 36.3 Å². The Bertz CT molecular complexity index is 1110. The molecule has 0 radical (unpaired) electrons. The molecule has 1 aliphatic rings. The van der Waals surface area contributed by atoms with Crippen LogP contribution < -0.4 is 19.7 Å². The molecule has 1 aromatic heterocycles. The molecule has 29 heavy (non-hydrogen) atoms. The Labute approximate surface area is 169 Å². The molecule has 0 saturated heterocycles. The second-order valence-electron chi connectivity index (χ2n) is 6.91. The van der Waals surface area contributed by atoms with Crippen molar-refractivity contribution in [1.82, 2.24) is 4.98 Å². The molecular formula is C23H23N3O3. The molecule has 3 aromatic rings. The molecule has 0 saturated carbocycles. The number of hydrogen-bond donors (Lipinski definition) is 1. The predicted octanol–water partition coefficient (Wildman–Crippen LogP) is 3.90. The van der Waals surface area contributed by atoms with E-state index in [0.717, 1.165) is 46.5 Å². The van der Waals surface area contributed by atoms with Crippen LogP contribution in [0.4, 0.5) is 11.5 Å². The molecule has 0 unspecified atom stereocenters. The molecule has 148 valence electrons. The average molecular weight is 389 g/mol. The lowest BCUT2D eigenvalue weighted by molar-refractivity contribution is -0.111. The fourth-order valence-corrected chi connectivity index (χ4v) is 3.61. The van der Waals surface area contributed by atoms with Crippen LogP contribution in [0.1, 0.15) is 11.1 Å². The summed E-state index contributed by atoms with van der Waals surface area (Å²) in [6, 6.07) is 13.4. The number of benzene rings is 2. The van der Waals surface area contributed by atoms with E-state index >= 15 is 0 Å². The number of methoxy groups -OCH3 is 2. The highest BCUT2D eigenvalue weighted by Gasteiger charge is 2.23. The standard InChI is InChI=1S/C23H23N3O3/c1-26-13-12-17-22(16-6-4-5-7-18(16)24-23(17)26)25-21(27)11-9-15-8-10-19(28-2)20(14-15)29-3/h4-11,14H,12-13H2,1-3H3,(H,24,25,27). The van der Waals surface area contributed by atoms with E-state index in [1.54, 1.807) is 20.3 Å². The third-order valence-electron chi connectivity index (χ3n) is 5.11. The summed E-state index contributed by atoms with van der Waals surface area (Å²) in [5.74, 6) is 2.02. The second kappa shape index (κ2) is 7.83. The molecule has 1 amide bonds. The Hall–Kier alpha value is -3.54. The lowest BCUT2D eigenvalue weighted by Crippen LogP contribution is -2.14. The maximum Gasteiger partial charge on any atom is 0.248 e. The highest BCUT2D eigenvalue weighted by molar-refractivity contribution is 6.09. The van der Waals surface area contributed by atoms with Crippen LogP contribution >= 0.6 is 0 Å². The number of pyridine rings is 1. The summed E-state index contributed by atoms with van der Waals surface area (Å²) in [5, 5.41) is 4.03. The highest BCUT2D eigenvalue weighted by Crippen LogP contribution is 2.36. The summed E-state index contributed by atoms with van der Waals surface area (Å²) >= 11 is 0.